The Labute approximate surface area is 222 Å². The molecular weight excluding hydrogens is 456 g/mol. The smallest absolute Gasteiger partial charge is 0.298 e. The molecule has 0 fully saturated rings. The van der Waals surface area contributed by atoms with E-state index in [-0.39, 0.29) is 11.9 Å². The van der Waals surface area contributed by atoms with Crippen molar-refractivity contribution < 1.29 is 29.1 Å². The van der Waals surface area contributed by atoms with Gasteiger partial charge in [0.25, 0.3) is 0 Å². The lowest BCUT2D eigenvalue weighted by atomic mass is 9.96. The molecule has 0 aliphatic rings. The Balaban J connectivity index is 3.84. The van der Waals surface area contributed by atoms with E-state index in [2.05, 4.69) is 13.8 Å². The Kier molecular flexibility index (Phi) is 21.2. The van der Waals surface area contributed by atoms with Gasteiger partial charge in [-0.2, -0.15) is 9.78 Å². The molecule has 0 atom stereocenters. The van der Waals surface area contributed by atoms with E-state index in [1.165, 1.54) is 64.2 Å². The average molecular weight is 515 g/mol. The van der Waals surface area contributed by atoms with Gasteiger partial charge in [0, 0.05) is 12.8 Å². The predicted octanol–water partition coefficient (Wildman–Crippen LogP) is 9.34. The van der Waals surface area contributed by atoms with Crippen LogP contribution in [0.5, 0.6) is 0 Å². The molecule has 0 amide bonds. The maximum atomic E-state index is 11.9. The molecule has 0 bridgehead atoms. The molecule has 0 aliphatic heterocycles. The summed E-state index contributed by atoms with van der Waals surface area (Å²) < 4.78 is 0. The minimum atomic E-state index is -0.538. The normalized spacial score (nSPS) is 12.1. The molecule has 36 heavy (non-hydrogen) atoms. The number of carbonyl (C=O) groups excluding carboxylic acids is 2. The maximum Gasteiger partial charge on any atom is 0.342 e. The van der Waals surface area contributed by atoms with Crippen molar-refractivity contribution in [1.29, 1.82) is 0 Å². The molecule has 0 N–H and O–H groups in total. The highest BCUT2D eigenvalue weighted by Crippen LogP contribution is 2.24. The van der Waals surface area contributed by atoms with Gasteiger partial charge >= 0.3 is 11.9 Å². The van der Waals surface area contributed by atoms with E-state index in [1.54, 1.807) is 0 Å². The largest absolute Gasteiger partial charge is 0.342 e. The minimum Gasteiger partial charge on any atom is -0.298 e. The fourth-order valence-electron chi connectivity index (χ4n) is 4.04. The van der Waals surface area contributed by atoms with Crippen LogP contribution in [0.25, 0.3) is 0 Å². The molecule has 0 aromatic heterocycles. The Bertz CT molecular complexity index is 496. The lowest BCUT2D eigenvalue weighted by Gasteiger charge is -2.25. The zero-order valence-electron chi connectivity index (χ0n) is 24.6. The van der Waals surface area contributed by atoms with Gasteiger partial charge < -0.3 is 0 Å². The van der Waals surface area contributed by atoms with Crippen molar-refractivity contribution in [1.82, 2.24) is 0 Å². The Morgan fingerprint density at radius 1 is 0.472 bits per heavy atom. The first-order chi connectivity index (χ1) is 17.1. The highest BCUT2D eigenvalue weighted by atomic mass is 17.2. The summed E-state index contributed by atoms with van der Waals surface area (Å²) in [5, 5.41) is 0. The summed E-state index contributed by atoms with van der Waals surface area (Å²) in [6.45, 7) is 12.2. The summed E-state index contributed by atoms with van der Waals surface area (Å²) >= 11 is 0. The van der Waals surface area contributed by atoms with Crippen molar-refractivity contribution in [2.45, 2.75) is 181 Å². The van der Waals surface area contributed by atoms with Gasteiger partial charge in [-0.05, 0) is 53.4 Å². The molecule has 0 saturated heterocycles. The van der Waals surface area contributed by atoms with E-state index in [4.69, 9.17) is 19.6 Å². The van der Waals surface area contributed by atoms with Crippen molar-refractivity contribution in [3.8, 4) is 0 Å². The molecule has 0 radical (unpaired) electrons. The first kappa shape index (κ1) is 34.9. The lowest BCUT2D eigenvalue weighted by Crippen LogP contribution is -2.28. The summed E-state index contributed by atoms with van der Waals surface area (Å²) in [4.78, 5) is 44.9. The third kappa shape index (κ3) is 23.3. The fraction of sp³-hybridized carbons (Fsp3) is 0.933. The van der Waals surface area contributed by atoms with E-state index in [0.29, 0.717) is 12.8 Å². The third-order valence-corrected chi connectivity index (χ3v) is 6.50. The first-order valence-electron chi connectivity index (χ1n) is 14.9. The fourth-order valence-corrected chi connectivity index (χ4v) is 4.04. The summed E-state index contributed by atoms with van der Waals surface area (Å²) in [7, 11) is 0. The standard InChI is InChI=1S/C30H58O6/c1-7-9-11-13-15-17-19-23-27(31)33-35-29(3,4)25-21-22-26-30(5,6)36-34-28(32)24-20-18-16-14-12-10-8-2/h7-26H2,1-6H3. The number of unbranched alkanes of at least 4 members (excludes halogenated alkanes) is 13. The van der Waals surface area contributed by atoms with Crippen LogP contribution in [0.15, 0.2) is 0 Å². The Hall–Kier alpha value is -1.14. The van der Waals surface area contributed by atoms with Crippen LogP contribution in [0.4, 0.5) is 0 Å². The lowest BCUT2D eigenvalue weighted by molar-refractivity contribution is -0.329. The molecule has 0 saturated carbocycles. The molecule has 0 heterocycles. The van der Waals surface area contributed by atoms with Crippen molar-refractivity contribution in [3.05, 3.63) is 0 Å². The zero-order chi connectivity index (χ0) is 27.1. The van der Waals surface area contributed by atoms with Gasteiger partial charge in [-0.25, -0.2) is 9.59 Å². The van der Waals surface area contributed by atoms with Crippen LogP contribution in [0.1, 0.15) is 170 Å². The van der Waals surface area contributed by atoms with E-state index in [0.717, 1.165) is 51.4 Å². The first-order valence-corrected chi connectivity index (χ1v) is 14.9. The summed E-state index contributed by atoms with van der Waals surface area (Å²) in [5.41, 5.74) is -1.08. The van der Waals surface area contributed by atoms with Crippen molar-refractivity contribution in [3.63, 3.8) is 0 Å². The van der Waals surface area contributed by atoms with E-state index in [9.17, 15) is 9.59 Å². The van der Waals surface area contributed by atoms with E-state index >= 15 is 0 Å². The predicted molar refractivity (Wildman–Crippen MR) is 146 cm³/mol. The zero-order valence-corrected chi connectivity index (χ0v) is 24.6. The van der Waals surface area contributed by atoms with E-state index < -0.39 is 11.2 Å². The van der Waals surface area contributed by atoms with Gasteiger partial charge in [-0.15, -0.1) is 0 Å². The van der Waals surface area contributed by atoms with E-state index in [1.807, 2.05) is 27.7 Å². The van der Waals surface area contributed by atoms with Crippen LogP contribution in [-0.2, 0) is 29.1 Å². The van der Waals surface area contributed by atoms with Crippen LogP contribution < -0.4 is 0 Å². The summed E-state index contributed by atoms with van der Waals surface area (Å²) in [6.07, 6.45) is 20.5. The number of hydrogen-bond acceptors (Lipinski definition) is 6. The molecule has 0 aliphatic carbocycles. The second kappa shape index (κ2) is 21.9. The molecule has 0 spiro atoms. The van der Waals surface area contributed by atoms with Gasteiger partial charge in [0.15, 0.2) is 0 Å². The minimum absolute atomic E-state index is 0.288. The molecule has 0 aromatic carbocycles. The molecule has 0 unspecified atom stereocenters. The maximum absolute atomic E-state index is 11.9. The Morgan fingerprint density at radius 3 is 1.11 bits per heavy atom. The van der Waals surface area contributed by atoms with Crippen molar-refractivity contribution in [2.75, 3.05) is 0 Å². The summed E-state index contributed by atoms with van der Waals surface area (Å²) in [6, 6.07) is 0. The number of carbonyl (C=O) groups is 2. The van der Waals surface area contributed by atoms with Gasteiger partial charge in [-0.1, -0.05) is 104 Å². The molecular formula is C30H58O6. The van der Waals surface area contributed by atoms with Crippen LogP contribution in [-0.4, -0.2) is 23.1 Å². The van der Waals surface area contributed by atoms with Crippen LogP contribution >= 0.6 is 0 Å². The molecule has 0 rings (SSSR count). The van der Waals surface area contributed by atoms with Crippen LogP contribution in [0.3, 0.4) is 0 Å². The highest BCUT2D eigenvalue weighted by Gasteiger charge is 2.25. The second-order valence-electron chi connectivity index (χ2n) is 11.5. The quantitative estimate of drug-likeness (QED) is 0.0686. The summed E-state index contributed by atoms with van der Waals surface area (Å²) in [5.74, 6) is -0.575. The monoisotopic (exact) mass is 514 g/mol. The van der Waals surface area contributed by atoms with Crippen LogP contribution in [0.2, 0.25) is 0 Å². The van der Waals surface area contributed by atoms with Crippen molar-refractivity contribution in [2.24, 2.45) is 0 Å². The van der Waals surface area contributed by atoms with Gasteiger partial charge in [0.1, 0.15) is 11.2 Å². The number of hydrogen-bond donors (Lipinski definition) is 0. The molecule has 0 aromatic rings. The SMILES string of the molecule is CCCCCCCCCC(=O)OOC(C)(C)CCCCC(C)(C)OOC(=O)CCCCCCCCC. The molecule has 214 valence electrons. The van der Waals surface area contributed by atoms with Gasteiger partial charge in [0.05, 0.1) is 0 Å². The molecule has 6 heteroatoms. The number of rotatable bonds is 25. The van der Waals surface area contributed by atoms with Crippen molar-refractivity contribution >= 4 is 11.9 Å². The average Bonchev–Trinajstić information content (AvgIpc) is 2.83. The van der Waals surface area contributed by atoms with Crippen LogP contribution in [0, 0.1) is 0 Å². The third-order valence-electron chi connectivity index (χ3n) is 6.50. The topological polar surface area (TPSA) is 71.1 Å². The van der Waals surface area contributed by atoms with Gasteiger partial charge in [-0.3, -0.25) is 9.78 Å². The Morgan fingerprint density at radius 2 is 0.778 bits per heavy atom. The highest BCUT2D eigenvalue weighted by molar-refractivity contribution is 5.68. The second-order valence-corrected chi connectivity index (χ2v) is 11.5. The molecule has 6 nitrogen and oxygen atoms in total. The van der Waals surface area contributed by atoms with Gasteiger partial charge in [0.2, 0.25) is 0 Å².